The summed E-state index contributed by atoms with van der Waals surface area (Å²) < 4.78 is 25.7. The van der Waals surface area contributed by atoms with Crippen molar-refractivity contribution in [2.24, 2.45) is 0 Å². The predicted octanol–water partition coefficient (Wildman–Crippen LogP) is 5.50. The molecule has 0 aliphatic carbocycles. The Morgan fingerprint density at radius 2 is 1.72 bits per heavy atom. The summed E-state index contributed by atoms with van der Waals surface area (Å²) in [5, 5.41) is 0.596. The van der Waals surface area contributed by atoms with Crippen LogP contribution in [0.25, 0.3) is 10.2 Å². The number of amides is 1. The monoisotopic (exact) mass is 464 g/mol. The Bertz CT molecular complexity index is 1360. The van der Waals surface area contributed by atoms with E-state index < -0.39 is 9.84 Å². The zero-order valence-corrected chi connectivity index (χ0v) is 19.6. The molecular weight excluding hydrogens is 440 g/mol. The third kappa shape index (κ3) is 4.45. The zero-order chi connectivity index (χ0) is 22.7. The van der Waals surface area contributed by atoms with Gasteiger partial charge in [-0.3, -0.25) is 9.69 Å². The molecule has 0 radical (unpaired) electrons. The van der Waals surface area contributed by atoms with Crippen molar-refractivity contribution in [3.63, 3.8) is 0 Å². The highest BCUT2D eigenvalue weighted by atomic mass is 32.2. The molecule has 0 N–H and O–H groups in total. The molecule has 1 heterocycles. The summed E-state index contributed by atoms with van der Waals surface area (Å²) in [6, 6.07) is 22.0. The van der Waals surface area contributed by atoms with E-state index in [-0.39, 0.29) is 16.6 Å². The number of anilines is 1. The summed E-state index contributed by atoms with van der Waals surface area (Å²) in [4.78, 5) is 20.3. The largest absolute Gasteiger partial charge is 0.279 e. The number of carbonyl (C=O) groups excluding carboxylic acids is 1. The summed E-state index contributed by atoms with van der Waals surface area (Å²) in [7, 11) is -3.42. The number of carbonyl (C=O) groups is 1. The van der Waals surface area contributed by atoms with E-state index in [4.69, 9.17) is 4.98 Å². The fourth-order valence-corrected chi connectivity index (χ4v) is 5.47. The average molecular weight is 465 g/mol. The van der Waals surface area contributed by atoms with Gasteiger partial charge in [0, 0.05) is 5.56 Å². The van der Waals surface area contributed by atoms with E-state index in [0.717, 1.165) is 27.8 Å². The summed E-state index contributed by atoms with van der Waals surface area (Å²) in [6.07, 6.45) is 0.851. The van der Waals surface area contributed by atoms with Crippen molar-refractivity contribution in [1.82, 2.24) is 4.98 Å². The van der Waals surface area contributed by atoms with Crippen molar-refractivity contribution in [1.29, 1.82) is 0 Å². The summed E-state index contributed by atoms with van der Waals surface area (Å²) in [5.74, 6) is -0.296. The highest BCUT2D eigenvalue weighted by molar-refractivity contribution is 7.91. The van der Waals surface area contributed by atoms with Gasteiger partial charge in [0.25, 0.3) is 5.91 Å². The molecule has 164 valence electrons. The molecule has 0 atom stereocenters. The molecule has 0 saturated heterocycles. The first-order valence-corrected chi connectivity index (χ1v) is 13.0. The number of rotatable bonds is 7. The SMILES string of the molecule is CCc1cccc2sc(N(Cc3ccccc3)C(=O)c3cccc(S(=O)(=O)CC)c3)nc12. The molecule has 4 aromatic rings. The average Bonchev–Trinajstić information content (AvgIpc) is 3.27. The number of nitrogens with zero attached hydrogens (tertiary/aromatic N) is 2. The van der Waals surface area contributed by atoms with E-state index in [1.165, 1.54) is 23.5 Å². The van der Waals surface area contributed by atoms with Gasteiger partial charge >= 0.3 is 0 Å². The van der Waals surface area contributed by atoms with E-state index in [2.05, 4.69) is 6.92 Å². The quantitative estimate of drug-likeness (QED) is 0.362. The fourth-order valence-electron chi connectivity index (χ4n) is 3.53. The van der Waals surface area contributed by atoms with Crippen molar-refractivity contribution in [3.05, 3.63) is 89.5 Å². The van der Waals surface area contributed by atoms with E-state index in [1.807, 2.05) is 48.5 Å². The van der Waals surface area contributed by atoms with Crippen LogP contribution in [0.1, 0.15) is 35.3 Å². The maximum absolute atomic E-state index is 13.6. The van der Waals surface area contributed by atoms with Crippen LogP contribution < -0.4 is 4.90 Å². The minimum atomic E-state index is -3.42. The maximum atomic E-state index is 13.6. The Hall–Kier alpha value is -3.03. The molecule has 5 nitrogen and oxygen atoms in total. The number of sulfone groups is 1. The molecule has 0 bridgehead atoms. The summed E-state index contributed by atoms with van der Waals surface area (Å²) >= 11 is 1.47. The van der Waals surface area contributed by atoms with Gasteiger partial charge in [-0.25, -0.2) is 13.4 Å². The Morgan fingerprint density at radius 3 is 2.44 bits per heavy atom. The Balaban J connectivity index is 1.80. The molecule has 0 spiro atoms. The second kappa shape index (κ2) is 9.22. The number of hydrogen-bond acceptors (Lipinski definition) is 5. The van der Waals surface area contributed by atoms with Gasteiger partial charge < -0.3 is 0 Å². The van der Waals surface area contributed by atoms with Crippen LogP contribution in [0.15, 0.2) is 77.7 Å². The van der Waals surface area contributed by atoms with Crippen molar-refractivity contribution < 1.29 is 13.2 Å². The van der Waals surface area contributed by atoms with Crippen LogP contribution in [0.2, 0.25) is 0 Å². The maximum Gasteiger partial charge on any atom is 0.260 e. The second-order valence-corrected chi connectivity index (χ2v) is 10.7. The lowest BCUT2D eigenvalue weighted by Gasteiger charge is -2.20. The third-order valence-electron chi connectivity index (χ3n) is 5.35. The van der Waals surface area contributed by atoms with Gasteiger partial charge in [-0.15, -0.1) is 0 Å². The summed E-state index contributed by atoms with van der Waals surface area (Å²) in [5.41, 5.74) is 3.33. The van der Waals surface area contributed by atoms with Gasteiger partial charge in [-0.1, -0.05) is 73.7 Å². The molecule has 3 aromatic carbocycles. The fraction of sp³-hybridized carbons (Fsp3) is 0.200. The topological polar surface area (TPSA) is 67.3 Å². The second-order valence-electron chi connectivity index (χ2n) is 7.42. The van der Waals surface area contributed by atoms with Crippen LogP contribution >= 0.6 is 11.3 Å². The lowest BCUT2D eigenvalue weighted by atomic mass is 10.1. The van der Waals surface area contributed by atoms with Crippen LogP contribution in [-0.4, -0.2) is 25.1 Å². The number of thiazole rings is 1. The molecule has 1 amide bonds. The molecular formula is C25H24N2O3S2. The van der Waals surface area contributed by atoms with Crippen LogP contribution in [0.3, 0.4) is 0 Å². The first kappa shape index (κ1) is 22.2. The minimum absolute atomic E-state index is 0.0178. The molecule has 0 aliphatic rings. The molecule has 0 unspecified atom stereocenters. The van der Waals surface area contributed by atoms with Crippen molar-refractivity contribution in [2.75, 3.05) is 10.7 Å². The number of para-hydroxylation sites is 1. The van der Waals surface area contributed by atoms with E-state index in [9.17, 15) is 13.2 Å². The van der Waals surface area contributed by atoms with Crippen LogP contribution in [0.4, 0.5) is 5.13 Å². The van der Waals surface area contributed by atoms with E-state index in [1.54, 1.807) is 24.0 Å². The lowest BCUT2D eigenvalue weighted by molar-refractivity contribution is 0.0985. The standard InChI is InChI=1S/C25H24N2O3S2/c1-3-19-12-9-15-22-23(19)26-25(31-22)27(17-18-10-6-5-7-11-18)24(28)20-13-8-14-21(16-20)32(29,30)4-2/h5-16H,3-4,17H2,1-2H3. The molecule has 0 saturated carbocycles. The molecule has 0 aliphatic heterocycles. The number of aryl methyl sites for hydroxylation is 1. The van der Waals surface area contributed by atoms with Crippen LogP contribution in [0, 0.1) is 0 Å². The lowest BCUT2D eigenvalue weighted by Crippen LogP contribution is -2.30. The minimum Gasteiger partial charge on any atom is -0.279 e. The highest BCUT2D eigenvalue weighted by Crippen LogP contribution is 2.33. The highest BCUT2D eigenvalue weighted by Gasteiger charge is 2.24. The number of aromatic nitrogens is 1. The summed E-state index contributed by atoms with van der Waals surface area (Å²) in [6.45, 7) is 4.02. The molecule has 7 heteroatoms. The molecule has 4 rings (SSSR count). The van der Waals surface area contributed by atoms with E-state index in [0.29, 0.717) is 17.2 Å². The first-order chi connectivity index (χ1) is 15.4. The third-order valence-corrected chi connectivity index (χ3v) is 8.13. The molecule has 0 fully saturated rings. The van der Waals surface area contributed by atoms with Crippen molar-refractivity contribution >= 4 is 42.4 Å². The Morgan fingerprint density at radius 1 is 0.969 bits per heavy atom. The Kier molecular flexibility index (Phi) is 6.39. The van der Waals surface area contributed by atoms with Gasteiger partial charge in [0.05, 0.1) is 27.4 Å². The number of benzene rings is 3. The smallest absolute Gasteiger partial charge is 0.260 e. The van der Waals surface area contributed by atoms with Crippen LogP contribution in [0.5, 0.6) is 0 Å². The normalized spacial score (nSPS) is 11.6. The van der Waals surface area contributed by atoms with Gasteiger partial charge in [0.2, 0.25) is 0 Å². The zero-order valence-electron chi connectivity index (χ0n) is 18.0. The number of hydrogen-bond donors (Lipinski definition) is 0. The van der Waals surface area contributed by atoms with Crippen molar-refractivity contribution in [3.8, 4) is 0 Å². The van der Waals surface area contributed by atoms with Crippen molar-refractivity contribution in [2.45, 2.75) is 31.7 Å². The van der Waals surface area contributed by atoms with Crippen LogP contribution in [-0.2, 0) is 22.8 Å². The van der Waals surface area contributed by atoms with Gasteiger partial charge in [0.15, 0.2) is 15.0 Å². The number of fused-ring (bicyclic) bond motifs is 1. The van der Waals surface area contributed by atoms with E-state index >= 15 is 0 Å². The predicted molar refractivity (Wildman–Crippen MR) is 130 cm³/mol. The van der Waals surface area contributed by atoms with Gasteiger partial charge in [0.1, 0.15) is 0 Å². The van der Waals surface area contributed by atoms with Gasteiger partial charge in [-0.05, 0) is 41.8 Å². The first-order valence-electron chi connectivity index (χ1n) is 10.5. The molecule has 32 heavy (non-hydrogen) atoms. The Labute approximate surface area is 192 Å². The van der Waals surface area contributed by atoms with Gasteiger partial charge in [-0.2, -0.15) is 0 Å². The molecule has 1 aromatic heterocycles.